The summed E-state index contributed by atoms with van der Waals surface area (Å²) < 4.78 is 12.2. The minimum Gasteiger partial charge on any atom is -0.456 e. The van der Waals surface area contributed by atoms with E-state index >= 15 is 0 Å². The van der Waals surface area contributed by atoms with Gasteiger partial charge in [0.25, 0.3) is 5.91 Å². The maximum absolute atomic E-state index is 13.2. The molecule has 8 heteroatoms. The van der Waals surface area contributed by atoms with Gasteiger partial charge in [-0.05, 0) is 29.7 Å². The summed E-state index contributed by atoms with van der Waals surface area (Å²) >= 11 is 0. The molecule has 4 aromatic rings. The van der Waals surface area contributed by atoms with Crippen molar-refractivity contribution in [2.45, 2.75) is 38.6 Å². The molecule has 1 heterocycles. The normalized spacial score (nSPS) is 12.5. The topological polar surface area (TPSA) is 114 Å². The van der Waals surface area contributed by atoms with Crippen LogP contribution in [0.15, 0.2) is 91.1 Å². The second kappa shape index (κ2) is 12.0. The van der Waals surface area contributed by atoms with Gasteiger partial charge in [0.2, 0.25) is 0 Å². The Bertz CT molecular complexity index is 1370. The highest BCUT2D eigenvalue weighted by Gasteiger charge is 2.25. The van der Waals surface area contributed by atoms with Crippen LogP contribution in [0.3, 0.4) is 0 Å². The molecule has 0 aliphatic carbocycles. The number of alkyl carbamates (subject to hydrolysis) is 1. The van der Waals surface area contributed by atoms with Crippen molar-refractivity contribution >= 4 is 28.9 Å². The number of nitrogens with zero attached hydrogens (tertiary/aromatic N) is 1. The van der Waals surface area contributed by atoms with Gasteiger partial charge in [-0.2, -0.15) is 0 Å². The van der Waals surface area contributed by atoms with Crippen LogP contribution >= 0.6 is 0 Å². The lowest BCUT2D eigenvalue weighted by Gasteiger charge is -2.14. The Kier molecular flexibility index (Phi) is 8.33. The van der Waals surface area contributed by atoms with E-state index in [0.29, 0.717) is 11.9 Å². The van der Waals surface area contributed by atoms with Gasteiger partial charge in [0.05, 0.1) is 5.52 Å². The maximum Gasteiger partial charge on any atom is 0.408 e. The highest BCUT2D eigenvalue weighted by molar-refractivity contribution is 5.97. The van der Waals surface area contributed by atoms with Gasteiger partial charge in [0, 0.05) is 18.0 Å². The number of fused-ring (bicyclic) bond motifs is 1. The van der Waals surface area contributed by atoms with Crippen molar-refractivity contribution in [3.63, 3.8) is 0 Å². The van der Waals surface area contributed by atoms with Crippen molar-refractivity contribution in [3.8, 4) is 0 Å². The van der Waals surface area contributed by atoms with Gasteiger partial charge in [0.1, 0.15) is 19.3 Å². The molecular formula is C29H30N3O5+. The molecule has 3 aromatic carbocycles. The fraction of sp³-hybridized carbons (Fsp3) is 0.207. The quantitative estimate of drug-likeness (QED) is 0.342. The molecule has 1 amide bonds. The number of aromatic nitrogens is 1. The summed E-state index contributed by atoms with van der Waals surface area (Å²) in [6, 6.07) is 24.7. The first-order valence-corrected chi connectivity index (χ1v) is 12.1. The van der Waals surface area contributed by atoms with Gasteiger partial charge < -0.3 is 20.5 Å². The fourth-order valence-corrected chi connectivity index (χ4v) is 4.00. The monoisotopic (exact) mass is 500 g/mol. The second-order valence-corrected chi connectivity index (χ2v) is 8.80. The summed E-state index contributed by atoms with van der Waals surface area (Å²) in [5.74, 6) is -0.741. The zero-order chi connectivity index (χ0) is 26.2. The Balaban J connectivity index is 1.41. The maximum atomic E-state index is 13.2. The summed E-state index contributed by atoms with van der Waals surface area (Å²) in [6.07, 6.45) is 1.32. The zero-order valence-corrected chi connectivity index (χ0v) is 20.6. The molecule has 190 valence electrons. The lowest BCUT2D eigenvalue weighted by molar-refractivity contribution is -0.408. The SMILES string of the molecule is C[C@H](NC(=O)OCc1ccccc1)C(=O)n1cc(C[C@H]([NH3+])C(=O)OCc2ccccc2)c2ccccc21. The van der Waals surface area contributed by atoms with Crippen molar-refractivity contribution < 1.29 is 29.6 Å². The van der Waals surface area contributed by atoms with Gasteiger partial charge >= 0.3 is 12.1 Å². The van der Waals surface area contributed by atoms with Gasteiger partial charge in [0.15, 0.2) is 6.04 Å². The van der Waals surface area contributed by atoms with Crippen molar-refractivity contribution in [1.29, 1.82) is 0 Å². The number of benzene rings is 3. The third-order valence-electron chi connectivity index (χ3n) is 5.97. The van der Waals surface area contributed by atoms with Gasteiger partial charge in [-0.1, -0.05) is 78.9 Å². The van der Waals surface area contributed by atoms with Crippen LogP contribution in [0.25, 0.3) is 10.9 Å². The molecule has 4 N–H and O–H groups in total. The Hall–Kier alpha value is -4.43. The van der Waals surface area contributed by atoms with Crippen LogP contribution in [0, 0.1) is 0 Å². The molecule has 4 rings (SSSR count). The van der Waals surface area contributed by atoms with E-state index < -0.39 is 24.1 Å². The number of rotatable bonds is 9. The second-order valence-electron chi connectivity index (χ2n) is 8.80. The smallest absolute Gasteiger partial charge is 0.408 e. The molecule has 1 aromatic heterocycles. The van der Waals surface area contributed by atoms with Crippen LogP contribution in [0.2, 0.25) is 0 Å². The Labute approximate surface area is 215 Å². The molecule has 37 heavy (non-hydrogen) atoms. The molecule has 0 fully saturated rings. The largest absolute Gasteiger partial charge is 0.456 e. The van der Waals surface area contributed by atoms with Crippen LogP contribution < -0.4 is 11.1 Å². The third kappa shape index (κ3) is 6.62. The number of para-hydroxylation sites is 1. The average Bonchev–Trinajstić information content (AvgIpc) is 3.29. The Morgan fingerprint density at radius 3 is 2.05 bits per heavy atom. The molecule has 0 aliphatic rings. The number of nitrogens with one attached hydrogen (secondary N) is 1. The first-order chi connectivity index (χ1) is 17.9. The van der Waals surface area contributed by atoms with Gasteiger partial charge in [-0.3, -0.25) is 9.36 Å². The molecular weight excluding hydrogens is 470 g/mol. The van der Waals surface area contributed by atoms with Crippen LogP contribution in [-0.2, 0) is 33.9 Å². The summed E-state index contributed by atoms with van der Waals surface area (Å²) in [7, 11) is 0. The molecule has 8 nitrogen and oxygen atoms in total. The minimum absolute atomic E-state index is 0.107. The first-order valence-electron chi connectivity index (χ1n) is 12.1. The molecule has 0 saturated heterocycles. The van der Waals surface area contributed by atoms with E-state index in [-0.39, 0.29) is 19.1 Å². The van der Waals surface area contributed by atoms with E-state index in [1.54, 1.807) is 13.1 Å². The van der Waals surface area contributed by atoms with Crippen molar-refractivity contribution in [2.24, 2.45) is 0 Å². The standard InChI is InChI=1S/C29H29N3O5/c1-20(31-29(35)37-19-22-12-6-3-7-13-22)27(33)32-17-23(24-14-8-9-15-26(24)32)16-25(30)28(34)36-18-21-10-4-2-5-11-21/h2-15,17,20,25H,16,18-19,30H2,1H3,(H,31,35)/p+1/t20-,25-/m0/s1. The molecule has 0 bridgehead atoms. The average molecular weight is 501 g/mol. The summed E-state index contributed by atoms with van der Waals surface area (Å²) in [4.78, 5) is 38.1. The molecule has 0 aliphatic heterocycles. The number of hydrogen-bond acceptors (Lipinski definition) is 5. The summed E-state index contributed by atoms with van der Waals surface area (Å²) in [5, 5.41) is 3.43. The Morgan fingerprint density at radius 1 is 0.838 bits per heavy atom. The highest BCUT2D eigenvalue weighted by atomic mass is 16.5. The van der Waals surface area contributed by atoms with Crippen molar-refractivity contribution in [2.75, 3.05) is 0 Å². The van der Waals surface area contributed by atoms with E-state index in [4.69, 9.17) is 9.47 Å². The number of carbonyl (C=O) groups excluding carboxylic acids is 3. The zero-order valence-electron chi connectivity index (χ0n) is 20.6. The predicted octanol–water partition coefficient (Wildman–Crippen LogP) is 3.49. The number of quaternary nitrogens is 1. The number of hydrogen-bond donors (Lipinski definition) is 2. The molecule has 0 unspecified atom stereocenters. The molecule has 0 saturated carbocycles. The van der Waals surface area contributed by atoms with E-state index in [9.17, 15) is 14.4 Å². The van der Waals surface area contributed by atoms with Crippen LogP contribution in [0.5, 0.6) is 0 Å². The molecule has 0 spiro atoms. The third-order valence-corrected chi connectivity index (χ3v) is 5.97. The van der Waals surface area contributed by atoms with Crippen molar-refractivity contribution in [1.82, 2.24) is 9.88 Å². The summed E-state index contributed by atoms with van der Waals surface area (Å²) in [6.45, 7) is 1.89. The lowest BCUT2D eigenvalue weighted by Crippen LogP contribution is -2.66. The minimum atomic E-state index is -0.835. The summed E-state index contributed by atoms with van der Waals surface area (Å²) in [5.41, 5.74) is 7.20. The van der Waals surface area contributed by atoms with Crippen LogP contribution in [0.4, 0.5) is 4.79 Å². The lowest BCUT2D eigenvalue weighted by atomic mass is 10.1. The van der Waals surface area contributed by atoms with E-state index in [1.807, 2.05) is 84.9 Å². The predicted molar refractivity (Wildman–Crippen MR) is 138 cm³/mol. The molecule has 2 atom stereocenters. The van der Waals surface area contributed by atoms with Gasteiger partial charge in [-0.15, -0.1) is 0 Å². The van der Waals surface area contributed by atoms with Gasteiger partial charge in [-0.25, -0.2) is 9.59 Å². The number of ether oxygens (including phenoxy) is 2. The fourth-order valence-electron chi connectivity index (χ4n) is 4.00. The van der Waals surface area contributed by atoms with E-state index in [2.05, 4.69) is 11.1 Å². The van der Waals surface area contributed by atoms with E-state index in [1.165, 1.54) is 4.57 Å². The van der Waals surface area contributed by atoms with Crippen LogP contribution in [-0.4, -0.2) is 34.6 Å². The van der Waals surface area contributed by atoms with Crippen LogP contribution in [0.1, 0.15) is 28.4 Å². The molecule has 0 radical (unpaired) electrons. The number of amides is 1. The van der Waals surface area contributed by atoms with Crippen molar-refractivity contribution in [3.05, 3.63) is 108 Å². The Morgan fingerprint density at radius 2 is 1.41 bits per heavy atom. The number of carbonyl (C=O) groups is 3. The highest BCUT2D eigenvalue weighted by Crippen LogP contribution is 2.23. The number of esters is 1. The first kappa shape index (κ1) is 25.7. The van der Waals surface area contributed by atoms with E-state index in [0.717, 1.165) is 22.1 Å².